The van der Waals surface area contributed by atoms with Crippen molar-refractivity contribution >= 4 is 14.3 Å². The summed E-state index contributed by atoms with van der Waals surface area (Å²) < 4.78 is 15.3. The highest BCUT2D eigenvalue weighted by atomic mass is 28.4. The second-order valence-corrected chi connectivity index (χ2v) is 8.16. The Kier molecular flexibility index (Phi) is 7.64. The van der Waals surface area contributed by atoms with E-state index in [1.54, 1.807) is 7.11 Å². The Morgan fingerprint density at radius 2 is 1.80 bits per heavy atom. The van der Waals surface area contributed by atoms with Gasteiger partial charge in [-0.15, -0.1) is 0 Å². The van der Waals surface area contributed by atoms with Crippen LogP contribution in [-0.2, 0) is 18.7 Å². The number of ether oxygens (including phenoxy) is 2. The van der Waals surface area contributed by atoms with Crippen LogP contribution in [0.5, 0.6) is 0 Å². The van der Waals surface area contributed by atoms with Gasteiger partial charge in [0.05, 0.1) is 7.11 Å². The lowest BCUT2D eigenvalue weighted by atomic mass is 10.7. The van der Waals surface area contributed by atoms with E-state index in [-0.39, 0.29) is 12.6 Å². The van der Waals surface area contributed by atoms with Crippen LogP contribution >= 0.6 is 0 Å². The molecule has 0 aliphatic heterocycles. The molecule has 0 bridgehead atoms. The quantitative estimate of drug-likeness (QED) is 0.365. The molecule has 0 aliphatic rings. The summed E-state index contributed by atoms with van der Waals surface area (Å²) in [5, 5.41) is 0. The van der Waals surface area contributed by atoms with Gasteiger partial charge >= 0.3 is 5.97 Å². The lowest BCUT2D eigenvalue weighted by Crippen LogP contribution is -2.36. The van der Waals surface area contributed by atoms with Gasteiger partial charge in [0.15, 0.2) is 8.32 Å². The summed E-state index contributed by atoms with van der Waals surface area (Å²) in [6.45, 7) is 4.92. The summed E-state index contributed by atoms with van der Waals surface area (Å²) in [7, 11) is 1.56. The SMILES string of the molecule is CC[Si](CC)(CCOCC(=O)OC)OC. The highest BCUT2D eigenvalue weighted by Gasteiger charge is 2.29. The molecule has 0 fully saturated rings. The first-order chi connectivity index (χ1) is 7.14. The van der Waals surface area contributed by atoms with E-state index in [4.69, 9.17) is 9.16 Å². The van der Waals surface area contributed by atoms with Gasteiger partial charge < -0.3 is 13.9 Å². The second-order valence-electron chi connectivity index (χ2n) is 3.47. The van der Waals surface area contributed by atoms with Crippen molar-refractivity contribution in [3.63, 3.8) is 0 Å². The molecule has 0 rings (SSSR count). The van der Waals surface area contributed by atoms with Crippen molar-refractivity contribution in [2.75, 3.05) is 27.4 Å². The molecular formula is C10H22O4Si. The van der Waals surface area contributed by atoms with Gasteiger partial charge in [-0.05, 0) is 18.1 Å². The van der Waals surface area contributed by atoms with Crippen LogP contribution < -0.4 is 0 Å². The lowest BCUT2D eigenvalue weighted by molar-refractivity contribution is -0.145. The van der Waals surface area contributed by atoms with Crippen molar-refractivity contribution in [3.8, 4) is 0 Å². The Hall–Kier alpha value is -0.393. The van der Waals surface area contributed by atoms with Crippen LogP contribution in [-0.4, -0.2) is 41.7 Å². The molecule has 0 N–H and O–H groups in total. The molecule has 0 saturated heterocycles. The van der Waals surface area contributed by atoms with Gasteiger partial charge in [0.1, 0.15) is 6.61 Å². The van der Waals surface area contributed by atoms with Gasteiger partial charge in [-0.3, -0.25) is 0 Å². The van der Waals surface area contributed by atoms with E-state index in [9.17, 15) is 4.79 Å². The number of hydrogen-bond donors (Lipinski definition) is 0. The summed E-state index contributed by atoms with van der Waals surface area (Å²) in [5.41, 5.74) is 0. The molecule has 4 nitrogen and oxygen atoms in total. The number of hydrogen-bond acceptors (Lipinski definition) is 4. The van der Waals surface area contributed by atoms with Gasteiger partial charge in [-0.1, -0.05) is 13.8 Å². The molecule has 0 spiro atoms. The van der Waals surface area contributed by atoms with Gasteiger partial charge in [0, 0.05) is 13.7 Å². The van der Waals surface area contributed by atoms with E-state index in [1.807, 2.05) is 0 Å². The zero-order valence-corrected chi connectivity index (χ0v) is 11.2. The zero-order valence-electron chi connectivity index (χ0n) is 10.2. The molecule has 0 radical (unpaired) electrons. The molecule has 15 heavy (non-hydrogen) atoms. The summed E-state index contributed by atoms with van der Waals surface area (Å²) in [4.78, 5) is 10.8. The minimum atomic E-state index is -1.58. The monoisotopic (exact) mass is 234 g/mol. The smallest absolute Gasteiger partial charge is 0.331 e. The molecule has 0 aromatic rings. The van der Waals surface area contributed by atoms with Crippen LogP contribution in [0.25, 0.3) is 0 Å². The molecule has 0 saturated carbocycles. The van der Waals surface area contributed by atoms with Crippen LogP contribution in [0.3, 0.4) is 0 Å². The van der Waals surface area contributed by atoms with E-state index in [2.05, 4.69) is 18.6 Å². The number of esters is 1. The van der Waals surface area contributed by atoms with E-state index >= 15 is 0 Å². The Bertz CT molecular complexity index is 172. The Morgan fingerprint density at radius 3 is 2.20 bits per heavy atom. The third kappa shape index (κ3) is 5.29. The standard InChI is InChI=1S/C10H22O4Si/c1-5-15(6-2,13-4)8-7-14-9-10(11)12-3/h5-9H2,1-4H3. The van der Waals surface area contributed by atoms with Crippen LogP contribution in [0.15, 0.2) is 0 Å². The minimum Gasteiger partial charge on any atom is -0.467 e. The van der Waals surface area contributed by atoms with Crippen LogP contribution in [0, 0.1) is 0 Å². The fraction of sp³-hybridized carbons (Fsp3) is 0.900. The van der Waals surface area contributed by atoms with Gasteiger partial charge in [0.2, 0.25) is 0 Å². The van der Waals surface area contributed by atoms with Crippen LogP contribution in [0.4, 0.5) is 0 Å². The average Bonchev–Trinajstić information content (AvgIpc) is 2.30. The number of carbonyl (C=O) groups excluding carboxylic acids is 1. The summed E-state index contributed by atoms with van der Waals surface area (Å²) in [5.74, 6) is -0.326. The number of methoxy groups -OCH3 is 1. The van der Waals surface area contributed by atoms with Gasteiger partial charge in [-0.2, -0.15) is 0 Å². The van der Waals surface area contributed by atoms with Crippen molar-refractivity contribution in [1.82, 2.24) is 0 Å². The van der Waals surface area contributed by atoms with Crippen LogP contribution in [0.2, 0.25) is 18.1 Å². The van der Waals surface area contributed by atoms with Crippen molar-refractivity contribution in [2.24, 2.45) is 0 Å². The summed E-state index contributed by atoms with van der Waals surface area (Å²) in [6, 6.07) is 3.11. The predicted molar refractivity (Wildman–Crippen MR) is 61.4 cm³/mol. The average molecular weight is 234 g/mol. The van der Waals surface area contributed by atoms with E-state index in [0.29, 0.717) is 6.61 Å². The van der Waals surface area contributed by atoms with E-state index in [0.717, 1.165) is 18.1 Å². The molecule has 0 atom stereocenters. The molecule has 0 aromatic heterocycles. The maximum absolute atomic E-state index is 10.8. The largest absolute Gasteiger partial charge is 0.467 e. The van der Waals surface area contributed by atoms with Gasteiger partial charge in [0.25, 0.3) is 0 Å². The first-order valence-electron chi connectivity index (χ1n) is 5.33. The summed E-state index contributed by atoms with van der Waals surface area (Å²) in [6.07, 6.45) is 0. The zero-order chi connectivity index (χ0) is 11.7. The molecule has 0 unspecified atom stereocenters. The Balaban J connectivity index is 3.76. The van der Waals surface area contributed by atoms with Gasteiger partial charge in [-0.25, -0.2) is 4.79 Å². The highest BCUT2D eigenvalue weighted by Crippen LogP contribution is 2.20. The first-order valence-corrected chi connectivity index (χ1v) is 7.86. The Morgan fingerprint density at radius 1 is 1.20 bits per heavy atom. The number of rotatable bonds is 8. The van der Waals surface area contributed by atoms with Crippen molar-refractivity contribution < 1.29 is 18.7 Å². The number of carbonyl (C=O) groups is 1. The van der Waals surface area contributed by atoms with E-state index < -0.39 is 8.32 Å². The molecule has 5 heteroatoms. The fourth-order valence-corrected chi connectivity index (χ4v) is 3.97. The molecule has 0 aromatic carbocycles. The third-order valence-electron chi connectivity index (χ3n) is 2.87. The normalized spacial score (nSPS) is 11.5. The summed E-state index contributed by atoms with van der Waals surface area (Å²) >= 11 is 0. The second kappa shape index (κ2) is 7.84. The fourth-order valence-electron chi connectivity index (χ4n) is 1.47. The van der Waals surface area contributed by atoms with Crippen molar-refractivity contribution in [3.05, 3.63) is 0 Å². The van der Waals surface area contributed by atoms with Crippen molar-refractivity contribution in [2.45, 2.75) is 32.0 Å². The molecule has 90 valence electrons. The minimum absolute atomic E-state index is 0.0398. The van der Waals surface area contributed by atoms with Crippen molar-refractivity contribution in [1.29, 1.82) is 0 Å². The highest BCUT2D eigenvalue weighted by molar-refractivity contribution is 6.73. The predicted octanol–water partition coefficient (Wildman–Crippen LogP) is 1.81. The molecular weight excluding hydrogens is 212 g/mol. The maximum atomic E-state index is 10.8. The third-order valence-corrected chi connectivity index (χ3v) is 7.43. The molecule has 0 heterocycles. The molecule has 0 aliphatic carbocycles. The van der Waals surface area contributed by atoms with E-state index in [1.165, 1.54) is 7.11 Å². The van der Waals surface area contributed by atoms with Crippen LogP contribution in [0.1, 0.15) is 13.8 Å². The topological polar surface area (TPSA) is 44.8 Å². The molecule has 0 amide bonds. The Labute approximate surface area is 93.0 Å². The first kappa shape index (κ1) is 14.6. The lowest BCUT2D eigenvalue weighted by Gasteiger charge is -2.26. The maximum Gasteiger partial charge on any atom is 0.331 e.